The first-order valence-corrected chi connectivity index (χ1v) is 7.22. The highest BCUT2D eigenvalue weighted by Crippen LogP contribution is 2.33. The van der Waals surface area contributed by atoms with E-state index in [1.54, 1.807) is 6.92 Å². The maximum atomic E-state index is 11.3. The van der Waals surface area contributed by atoms with Crippen LogP contribution in [-0.2, 0) is 4.79 Å². The third-order valence-corrected chi connectivity index (χ3v) is 4.22. The van der Waals surface area contributed by atoms with Crippen molar-refractivity contribution in [1.29, 1.82) is 0 Å². The molecule has 1 saturated carbocycles. The number of anilines is 1. The minimum Gasteiger partial charge on any atom is -0.481 e. The number of nitrogens with one attached hydrogen (secondary N) is 1. The van der Waals surface area contributed by atoms with Gasteiger partial charge < -0.3 is 10.4 Å². The molecule has 7 heteroatoms. The van der Waals surface area contributed by atoms with E-state index in [0.717, 1.165) is 19.3 Å². The van der Waals surface area contributed by atoms with Crippen molar-refractivity contribution in [2.45, 2.75) is 38.6 Å². The molecule has 0 saturated heterocycles. The summed E-state index contributed by atoms with van der Waals surface area (Å²) in [6.45, 7) is 1.74. The highest BCUT2D eigenvalue weighted by Gasteiger charge is 2.31. The van der Waals surface area contributed by atoms with Crippen molar-refractivity contribution < 1.29 is 14.8 Å². The standard InChI is InChI=1S/C14H17ClN2O4/c1-8-6-13(17(20)21)10(15)7-12(8)16-11-5-3-2-4-9(11)14(18)19/h6-7,9,11,16H,2-5H2,1H3,(H,18,19). The molecule has 2 unspecified atom stereocenters. The molecule has 0 aliphatic heterocycles. The number of halogens is 1. The minimum absolute atomic E-state index is 0.0517. The second kappa shape index (κ2) is 6.30. The molecule has 0 bridgehead atoms. The van der Waals surface area contributed by atoms with Crippen molar-refractivity contribution in [3.8, 4) is 0 Å². The van der Waals surface area contributed by atoms with E-state index >= 15 is 0 Å². The molecule has 21 heavy (non-hydrogen) atoms. The van der Waals surface area contributed by atoms with Crippen LogP contribution in [0, 0.1) is 23.0 Å². The molecule has 2 N–H and O–H groups in total. The Morgan fingerprint density at radius 1 is 1.43 bits per heavy atom. The third kappa shape index (κ3) is 3.44. The number of rotatable bonds is 4. The van der Waals surface area contributed by atoms with E-state index in [0.29, 0.717) is 17.7 Å². The Morgan fingerprint density at radius 3 is 2.71 bits per heavy atom. The zero-order chi connectivity index (χ0) is 15.6. The highest BCUT2D eigenvalue weighted by atomic mass is 35.5. The molecule has 1 aromatic carbocycles. The first-order chi connectivity index (χ1) is 9.90. The van der Waals surface area contributed by atoms with Crippen LogP contribution in [0.2, 0.25) is 5.02 Å². The van der Waals surface area contributed by atoms with Crippen LogP contribution in [0.1, 0.15) is 31.2 Å². The van der Waals surface area contributed by atoms with Crippen molar-refractivity contribution >= 4 is 28.9 Å². The number of hydrogen-bond acceptors (Lipinski definition) is 4. The predicted molar refractivity (Wildman–Crippen MR) is 79.8 cm³/mol. The SMILES string of the molecule is Cc1cc([N+](=O)[O-])c(Cl)cc1NC1CCCCC1C(=O)O. The molecule has 1 aromatic rings. The van der Waals surface area contributed by atoms with Crippen LogP contribution in [0.15, 0.2) is 12.1 Å². The van der Waals surface area contributed by atoms with Gasteiger partial charge in [-0.1, -0.05) is 24.4 Å². The Morgan fingerprint density at radius 2 is 2.10 bits per heavy atom. The van der Waals surface area contributed by atoms with Crippen molar-refractivity contribution in [2.24, 2.45) is 5.92 Å². The molecule has 1 fully saturated rings. The Hall–Kier alpha value is -1.82. The second-order valence-electron chi connectivity index (χ2n) is 5.36. The maximum absolute atomic E-state index is 11.3. The summed E-state index contributed by atoms with van der Waals surface area (Å²) in [5, 5.41) is 23.4. The lowest BCUT2D eigenvalue weighted by Gasteiger charge is -2.30. The van der Waals surface area contributed by atoms with Crippen LogP contribution < -0.4 is 5.32 Å². The van der Waals surface area contributed by atoms with Crippen LogP contribution >= 0.6 is 11.6 Å². The lowest BCUT2D eigenvalue weighted by atomic mass is 9.84. The summed E-state index contributed by atoms with van der Waals surface area (Å²) >= 11 is 5.91. The van der Waals surface area contributed by atoms with Gasteiger partial charge in [-0.2, -0.15) is 0 Å². The fourth-order valence-electron chi connectivity index (χ4n) is 2.76. The lowest BCUT2D eigenvalue weighted by Crippen LogP contribution is -2.37. The van der Waals surface area contributed by atoms with Crippen molar-refractivity contribution in [2.75, 3.05) is 5.32 Å². The van der Waals surface area contributed by atoms with Crippen LogP contribution in [0.4, 0.5) is 11.4 Å². The van der Waals surface area contributed by atoms with Gasteiger partial charge in [0.1, 0.15) is 5.02 Å². The summed E-state index contributed by atoms with van der Waals surface area (Å²) in [7, 11) is 0. The molecule has 2 rings (SSSR count). The van der Waals surface area contributed by atoms with Crippen LogP contribution in [-0.4, -0.2) is 22.0 Å². The zero-order valence-corrected chi connectivity index (χ0v) is 12.4. The largest absolute Gasteiger partial charge is 0.481 e. The molecule has 1 aliphatic carbocycles. The van der Waals surface area contributed by atoms with Gasteiger partial charge in [0.15, 0.2) is 0 Å². The van der Waals surface area contributed by atoms with Gasteiger partial charge in [-0.15, -0.1) is 0 Å². The van der Waals surface area contributed by atoms with E-state index in [9.17, 15) is 20.0 Å². The number of carbonyl (C=O) groups is 1. The number of nitro groups is 1. The number of carboxylic acids is 1. The summed E-state index contributed by atoms with van der Waals surface area (Å²) < 4.78 is 0. The van der Waals surface area contributed by atoms with Gasteiger partial charge in [0.2, 0.25) is 0 Å². The molecule has 0 radical (unpaired) electrons. The van der Waals surface area contributed by atoms with Crippen LogP contribution in [0.25, 0.3) is 0 Å². The number of aliphatic carboxylic acids is 1. The van der Waals surface area contributed by atoms with Gasteiger partial charge in [-0.05, 0) is 31.4 Å². The first kappa shape index (κ1) is 15.6. The number of carboxylic acid groups (broad SMARTS) is 1. The van der Waals surface area contributed by atoms with Gasteiger partial charge in [-0.25, -0.2) is 0 Å². The smallest absolute Gasteiger partial charge is 0.308 e. The van der Waals surface area contributed by atoms with E-state index in [1.165, 1.54) is 12.1 Å². The van der Waals surface area contributed by atoms with Gasteiger partial charge in [0.25, 0.3) is 5.69 Å². The van der Waals surface area contributed by atoms with Gasteiger partial charge >= 0.3 is 5.97 Å². The number of nitrogens with zero attached hydrogens (tertiary/aromatic N) is 1. The zero-order valence-electron chi connectivity index (χ0n) is 11.6. The molecular formula is C14H17ClN2O4. The molecule has 6 nitrogen and oxygen atoms in total. The van der Waals surface area contributed by atoms with E-state index in [4.69, 9.17) is 11.6 Å². The Kier molecular flexibility index (Phi) is 4.67. The highest BCUT2D eigenvalue weighted by molar-refractivity contribution is 6.33. The summed E-state index contributed by atoms with van der Waals surface area (Å²) in [6.07, 6.45) is 3.30. The fourth-order valence-corrected chi connectivity index (χ4v) is 2.99. The Bertz CT molecular complexity index is 576. The maximum Gasteiger partial charge on any atom is 0.308 e. The minimum atomic E-state index is -0.808. The average Bonchev–Trinajstić information content (AvgIpc) is 2.42. The number of benzene rings is 1. The molecule has 0 amide bonds. The van der Waals surface area contributed by atoms with E-state index < -0.39 is 16.8 Å². The van der Waals surface area contributed by atoms with Crippen molar-refractivity contribution in [3.05, 3.63) is 32.8 Å². The molecule has 114 valence electrons. The molecule has 0 aromatic heterocycles. The monoisotopic (exact) mass is 312 g/mol. The summed E-state index contributed by atoms with van der Waals surface area (Å²) in [6, 6.07) is 2.73. The first-order valence-electron chi connectivity index (χ1n) is 6.84. The lowest BCUT2D eigenvalue weighted by molar-refractivity contribution is -0.384. The van der Waals surface area contributed by atoms with Gasteiger partial charge in [-0.3, -0.25) is 14.9 Å². The summed E-state index contributed by atoms with van der Waals surface area (Å²) in [5.41, 5.74) is 1.20. The van der Waals surface area contributed by atoms with E-state index in [1.807, 2.05) is 0 Å². The van der Waals surface area contributed by atoms with Gasteiger partial charge in [0, 0.05) is 17.8 Å². The number of nitro benzene ring substituents is 1. The Labute approximate surface area is 127 Å². The van der Waals surface area contributed by atoms with Crippen molar-refractivity contribution in [3.63, 3.8) is 0 Å². The molecular weight excluding hydrogens is 296 g/mol. The number of hydrogen-bond donors (Lipinski definition) is 2. The Balaban J connectivity index is 2.24. The van der Waals surface area contributed by atoms with Crippen LogP contribution in [0.5, 0.6) is 0 Å². The molecule has 0 heterocycles. The quantitative estimate of drug-likeness (QED) is 0.654. The second-order valence-corrected chi connectivity index (χ2v) is 5.76. The summed E-state index contributed by atoms with van der Waals surface area (Å²) in [5.74, 6) is -1.25. The molecule has 1 aliphatic rings. The van der Waals surface area contributed by atoms with E-state index in [2.05, 4.69) is 5.32 Å². The topological polar surface area (TPSA) is 92.5 Å². The predicted octanol–water partition coefficient (Wildman–Crippen LogP) is 3.61. The fraction of sp³-hybridized carbons (Fsp3) is 0.500. The molecule has 2 atom stereocenters. The third-order valence-electron chi connectivity index (χ3n) is 3.91. The average molecular weight is 313 g/mol. The normalized spacial score (nSPS) is 21.8. The van der Waals surface area contributed by atoms with E-state index in [-0.39, 0.29) is 16.8 Å². The van der Waals surface area contributed by atoms with Gasteiger partial charge in [0.05, 0.1) is 10.8 Å². The number of aryl methyl sites for hydroxylation is 1. The van der Waals surface area contributed by atoms with Crippen molar-refractivity contribution in [1.82, 2.24) is 0 Å². The van der Waals surface area contributed by atoms with Crippen LogP contribution in [0.3, 0.4) is 0 Å². The summed E-state index contributed by atoms with van der Waals surface area (Å²) in [4.78, 5) is 21.6. The molecule has 0 spiro atoms.